The minimum absolute atomic E-state index is 0.563. The number of anilines is 1. The SMILES string of the molecule is Cn1ncnc1C1(O)CCN(c2ncc(Br)cc2Cl)CC1. The zero-order valence-electron chi connectivity index (χ0n) is 11.5. The van der Waals surface area contributed by atoms with E-state index in [0.29, 0.717) is 36.8 Å². The fourth-order valence-corrected chi connectivity index (χ4v) is 3.42. The van der Waals surface area contributed by atoms with Crippen LogP contribution in [0.1, 0.15) is 18.7 Å². The number of hydrogen-bond donors (Lipinski definition) is 1. The number of nitrogens with zero attached hydrogens (tertiary/aromatic N) is 5. The standard InChI is InChI=1S/C13H15BrClN5O/c1-19-12(17-8-18-19)13(21)2-4-20(5-3-13)11-10(15)6-9(14)7-16-11/h6-8,21H,2-5H2,1H3. The van der Waals surface area contributed by atoms with Gasteiger partial charge in [0.15, 0.2) is 5.82 Å². The second-order valence-electron chi connectivity index (χ2n) is 5.18. The van der Waals surface area contributed by atoms with E-state index in [1.807, 2.05) is 6.07 Å². The number of rotatable bonds is 2. The van der Waals surface area contributed by atoms with Crippen molar-refractivity contribution >= 4 is 33.3 Å². The maximum atomic E-state index is 10.8. The smallest absolute Gasteiger partial charge is 0.158 e. The minimum Gasteiger partial charge on any atom is -0.382 e. The maximum absolute atomic E-state index is 10.8. The molecule has 6 nitrogen and oxygen atoms in total. The molecule has 0 bridgehead atoms. The Morgan fingerprint density at radius 1 is 1.33 bits per heavy atom. The first-order valence-electron chi connectivity index (χ1n) is 6.62. The van der Waals surface area contributed by atoms with Crippen molar-refractivity contribution < 1.29 is 5.11 Å². The van der Waals surface area contributed by atoms with E-state index in [2.05, 4.69) is 35.9 Å². The molecule has 0 atom stereocenters. The summed E-state index contributed by atoms with van der Waals surface area (Å²) in [5.74, 6) is 1.36. The molecule has 1 aliphatic heterocycles. The van der Waals surface area contributed by atoms with Gasteiger partial charge < -0.3 is 10.0 Å². The van der Waals surface area contributed by atoms with Crippen LogP contribution in [0.3, 0.4) is 0 Å². The number of hydrogen-bond acceptors (Lipinski definition) is 5. The van der Waals surface area contributed by atoms with Gasteiger partial charge in [-0.25, -0.2) is 9.97 Å². The predicted molar refractivity (Wildman–Crippen MR) is 83.3 cm³/mol. The van der Waals surface area contributed by atoms with Crippen molar-refractivity contribution in [1.29, 1.82) is 0 Å². The number of aliphatic hydroxyl groups is 1. The van der Waals surface area contributed by atoms with Crippen molar-refractivity contribution in [2.75, 3.05) is 18.0 Å². The molecule has 0 aromatic carbocycles. The van der Waals surface area contributed by atoms with Crippen molar-refractivity contribution in [3.05, 3.63) is 33.9 Å². The number of pyridine rings is 1. The van der Waals surface area contributed by atoms with Crippen molar-refractivity contribution in [3.63, 3.8) is 0 Å². The Balaban J connectivity index is 1.77. The molecule has 1 fully saturated rings. The van der Waals surface area contributed by atoms with Crippen LogP contribution >= 0.6 is 27.5 Å². The Bertz CT molecular complexity index is 654. The van der Waals surface area contributed by atoms with Crippen LogP contribution in [0.2, 0.25) is 5.02 Å². The molecular weight excluding hydrogens is 358 g/mol. The molecule has 3 heterocycles. The van der Waals surface area contributed by atoms with Gasteiger partial charge >= 0.3 is 0 Å². The molecular formula is C13H15BrClN5O. The van der Waals surface area contributed by atoms with Gasteiger partial charge in [0.25, 0.3) is 0 Å². The molecule has 0 amide bonds. The van der Waals surface area contributed by atoms with Gasteiger partial charge in [-0.2, -0.15) is 5.10 Å². The van der Waals surface area contributed by atoms with Crippen LogP contribution in [0.5, 0.6) is 0 Å². The average molecular weight is 373 g/mol. The molecule has 0 saturated carbocycles. The summed E-state index contributed by atoms with van der Waals surface area (Å²) in [5, 5.41) is 15.4. The van der Waals surface area contributed by atoms with Gasteiger partial charge in [0.05, 0.1) is 5.02 Å². The molecule has 0 spiro atoms. The van der Waals surface area contributed by atoms with Crippen molar-refractivity contribution in [1.82, 2.24) is 19.7 Å². The molecule has 0 radical (unpaired) electrons. The Kier molecular flexibility index (Phi) is 3.90. The molecule has 2 aromatic rings. The van der Waals surface area contributed by atoms with Gasteiger partial charge in [-0.3, -0.25) is 4.68 Å². The fourth-order valence-electron chi connectivity index (χ4n) is 2.67. The summed E-state index contributed by atoms with van der Waals surface area (Å²) in [4.78, 5) is 10.6. The van der Waals surface area contributed by atoms with E-state index < -0.39 is 5.60 Å². The van der Waals surface area contributed by atoms with Gasteiger partial charge in [0.2, 0.25) is 0 Å². The monoisotopic (exact) mass is 371 g/mol. The maximum Gasteiger partial charge on any atom is 0.158 e. The van der Waals surface area contributed by atoms with Gasteiger partial charge in [0.1, 0.15) is 17.7 Å². The van der Waals surface area contributed by atoms with Crippen molar-refractivity contribution in [3.8, 4) is 0 Å². The lowest BCUT2D eigenvalue weighted by Gasteiger charge is -2.38. The van der Waals surface area contributed by atoms with Crippen LogP contribution in [0.4, 0.5) is 5.82 Å². The van der Waals surface area contributed by atoms with E-state index in [4.69, 9.17) is 11.6 Å². The average Bonchev–Trinajstić information content (AvgIpc) is 2.87. The lowest BCUT2D eigenvalue weighted by Crippen LogP contribution is -2.44. The van der Waals surface area contributed by atoms with Crippen LogP contribution < -0.4 is 4.90 Å². The van der Waals surface area contributed by atoms with E-state index in [9.17, 15) is 5.11 Å². The first-order chi connectivity index (χ1) is 9.99. The highest BCUT2D eigenvalue weighted by molar-refractivity contribution is 9.10. The number of aromatic nitrogens is 4. The molecule has 2 aromatic heterocycles. The van der Waals surface area contributed by atoms with Crippen LogP contribution in [-0.4, -0.2) is 37.9 Å². The van der Waals surface area contributed by atoms with Crippen LogP contribution in [-0.2, 0) is 12.6 Å². The summed E-state index contributed by atoms with van der Waals surface area (Å²) >= 11 is 9.58. The largest absolute Gasteiger partial charge is 0.382 e. The summed E-state index contributed by atoms with van der Waals surface area (Å²) in [7, 11) is 1.79. The van der Waals surface area contributed by atoms with Crippen molar-refractivity contribution in [2.24, 2.45) is 7.05 Å². The Hall–Kier alpha value is -1.18. The highest BCUT2D eigenvalue weighted by Gasteiger charge is 2.38. The third kappa shape index (κ3) is 2.77. The van der Waals surface area contributed by atoms with Crippen LogP contribution in [0.15, 0.2) is 23.1 Å². The Morgan fingerprint density at radius 3 is 2.62 bits per heavy atom. The normalized spacial score (nSPS) is 18.0. The zero-order valence-corrected chi connectivity index (χ0v) is 13.8. The second kappa shape index (κ2) is 5.55. The van der Waals surface area contributed by atoms with Gasteiger partial charge in [-0.15, -0.1) is 0 Å². The van der Waals surface area contributed by atoms with Crippen LogP contribution in [0.25, 0.3) is 0 Å². The number of halogens is 2. The summed E-state index contributed by atoms with van der Waals surface area (Å²) in [6.45, 7) is 1.33. The van der Waals surface area contributed by atoms with Gasteiger partial charge in [-0.1, -0.05) is 11.6 Å². The first-order valence-corrected chi connectivity index (χ1v) is 7.79. The summed E-state index contributed by atoms with van der Waals surface area (Å²) in [5.41, 5.74) is -0.941. The van der Waals surface area contributed by atoms with Crippen molar-refractivity contribution in [2.45, 2.75) is 18.4 Å². The molecule has 3 rings (SSSR count). The molecule has 0 unspecified atom stereocenters. The summed E-state index contributed by atoms with van der Waals surface area (Å²) < 4.78 is 2.48. The third-order valence-corrected chi connectivity index (χ3v) is 4.52. The molecule has 1 saturated heterocycles. The molecule has 21 heavy (non-hydrogen) atoms. The fraction of sp³-hybridized carbons (Fsp3) is 0.462. The topological polar surface area (TPSA) is 67.1 Å². The highest BCUT2D eigenvalue weighted by Crippen LogP contribution is 2.35. The van der Waals surface area contributed by atoms with E-state index in [-0.39, 0.29) is 0 Å². The number of aryl methyl sites for hydroxylation is 1. The molecule has 1 N–H and O–H groups in total. The molecule has 1 aliphatic rings. The van der Waals surface area contributed by atoms with E-state index in [1.165, 1.54) is 6.33 Å². The second-order valence-corrected chi connectivity index (χ2v) is 6.51. The lowest BCUT2D eigenvalue weighted by molar-refractivity contribution is -0.000175. The molecule has 112 valence electrons. The highest BCUT2D eigenvalue weighted by atomic mass is 79.9. The quantitative estimate of drug-likeness (QED) is 0.874. The van der Waals surface area contributed by atoms with Gasteiger partial charge in [-0.05, 0) is 22.0 Å². The summed E-state index contributed by atoms with van der Waals surface area (Å²) in [6, 6.07) is 1.83. The Labute approximate surface area is 135 Å². The minimum atomic E-state index is -0.941. The first kappa shape index (κ1) is 14.7. The predicted octanol–water partition coefficient (Wildman–Crippen LogP) is 2.11. The summed E-state index contributed by atoms with van der Waals surface area (Å²) in [6.07, 6.45) is 4.32. The lowest BCUT2D eigenvalue weighted by atomic mass is 9.90. The van der Waals surface area contributed by atoms with E-state index >= 15 is 0 Å². The molecule has 0 aliphatic carbocycles. The van der Waals surface area contributed by atoms with Crippen LogP contribution in [0, 0.1) is 0 Å². The molecule has 8 heteroatoms. The zero-order chi connectivity index (χ0) is 15.0. The Morgan fingerprint density at radius 2 is 2.05 bits per heavy atom. The number of piperidine rings is 1. The van der Waals surface area contributed by atoms with E-state index in [1.54, 1.807) is 17.9 Å². The van der Waals surface area contributed by atoms with E-state index in [0.717, 1.165) is 10.3 Å². The third-order valence-electron chi connectivity index (χ3n) is 3.81. The van der Waals surface area contributed by atoms with Gasteiger partial charge in [0, 0.05) is 43.6 Å².